The van der Waals surface area contributed by atoms with Gasteiger partial charge in [0.05, 0.1) is 6.54 Å². The van der Waals surface area contributed by atoms with Gasteiger partial charge in [-0.1, -0.05) is 11.6 Å². The second-order valence-corrected chi connectivity index (χ2v) is 8.14. The summed E-state index contributed by atoms with van der Waals surface area (Å²) in [5.74, 6) is -4.02. The predicted molar refractivity (Wildman–Crippen MR) is 104 cm³/mol. The van der Waals surface area contributed by atoms with Gasteiger partial charge in [-0.25, -0.2) is 14.5 Å². The lowest BCUT2D eigenvalue weighted by molar-refractivity contribution is -0.353. The summed E-state index contributed by atoms with van der Waals surface area (Å²) < 4.78 is 41.8. The summed E-state index contributed by atoms with van der Waals surface area (Å²) >= 11 is 6.23. The van der Waals surface area contributed by atoms with Crippen LogP contribution in [0.1, 0.15) is 24.7 Å². The highest BCUT2D eigenvalue weighted by molar-refractivity contribution is 6.30. The first kappa shape index (κ1) is 23.5. The van der Waals surface area contributed by atoms with Crippen LogP contribution in [0.3, 0.4) is 0 Å². The molecule has 31 heavy (non-hydrogen) atoms. The van der Waals surface area contributed by atoms with E-state index in [0.29, 0.717) is 26.1 Å². The van der Waals surface area contributed by atoms with E-state index >= 15 is 0 Å². The molecule has 15 heteroatoms. The molecule has 0 aliphatic heterocycles. The van der Waals surface area contributed by atoms with Gasteiger partial charge in [0.15, 0.2) is 11.6 Å². The summed E-state index contributed by atoms with van der Waals surface area (Å²) in [6.45, 7) is -0.326. The second-order valence-electron chi connectivity index (χ2n) is 6.86. The van der Waals surface area contributed by atoms with Crippen LogP contribution < -0.4 is 5.69 Å². The van der Waals surface area contributed by atoms with Crippen molar-refractivity contribution in [3.8, 4) is 11.4 Å². The van der Waals surface area contributed by atoms with Gasteiger partial charge in [-0.15, -0.1) is 5.10 Å². The minimum Gasteiger partial charge on any atom is -0.386 e. The Balaban J connectivity index is 2.08. The van der Waals surface area contributed by atoms with Crippen LogP contribution in [0.4, 0.5) is 13.2 Å². The van der Waals surface area contributed by atoms with Crippen LogP contribution in [-0.2, 0) is 13.1 Å². The normalized spacial score (nSPS) is 13.5. The topological polar surface area (TPSA) is 131 Å². The van der Waals surface area contributed by atoms with E-state index in [-0.39, 0.29) is 29.6 Å². The van der Waals surface area contributed by atoms with Gasteiger partial charge in [0.25, 0.3) is 5.79 Å². The fourth-order valence-electron chi connectivity index (χ4n) is 2.83. The SMILES string of the molecule is CC(O)c1nc(Cn2nc(-c3ccc(Cl)cc3)n(CC(O)(O)C(F)(F)F)c2=O)n[n]1[AlH2]. The van der Waals surface area contributed by atoms with E-state index in [1.54, 1.807) is 0 Å². The number of rotatable bonds is 6. The Morgan fingerprint density at radius 2 is 1.81 bits per heavy atom. The molecule has 3 N–H and O–H groups in total. The van der Waals surface area contributed by atoms with E-state index in [1.165, 1.54) is 34.9 Å². The highest BCUT2D eigenvalue weighted by atomic mass is 35.5. The molecule has 10 nitrogen and oxygen atoms in total. The molecule has 0 aliphatic carbocycles. The summed E-state index contributed by atoms with van der Waals surface area (Å²) in [6.07, 6.45) is -6.32. The average molecular weight is 477 g/mol. The molecule has 0 spiro atoms. The molecule has 1 atom stereocenters. The molecule has 166 valence electrons. The second kappa shape index (κ2) is 8.38. The molecule has 1 aromatic carbocycles. The Hall–Kier alpha value is -2.21. The number of benzene rings is 1. The maximum Gasteiger partial charge on any atom is 0.444 e. The number of nitrogens with zero attached hydrogens (tertiary/aromatic N) is 6. The third kappa shape index (κ3) is 4.84. The predicted octanol–water partition coefficient (Wildman–Crippen LogP) is -0.302. The van der Waals surface area contributed by atoms with E-state index in [0.717, 1.165) is 4.68 Å². The van der Waals surface area contributed by atoms with Crippen LogP contribution in [0.5, 0.6) is 0 Å². The van der Waals surface area contributed by atoms with Gasteiger partial charge < -0.3 is 19.0 Å². The van der Waals surface area contributed by atoms with E-state index in [1.807, 2.05) is 0 Å². The largest absolute Gasteiger partial charge is 0.444 e. The van der Waals surface area contributed by atoms with Gasteiger partial charge in [0.1, 0.15) is 18.5 Å². The number of hydrogen-bond acceptors (Lipinski definition) is 7. The standard InChI is InChI=1S/C16H15ClF3N6O4.Al.2H/c1-8(27)12-21-11(22-23-12)6-26-14(28)25(7-15(29,30)16(18,19)20)13(24-26)9-2-4-10(17)5-3-9;;;/h2-5,8,27,29-30H,6-7H2,1H3;;;/q-1;+1;;. The summed E-state index contributed by atoms with van der Waals surface area (Å²) in [5, 5.41) is 37.2. The van der Waals surface area contributed by atoms with Gasteiger partial charge in [-0.05, 0) is 31.2 Å². The van der Waals surface area contributed by atoms with Crippen LogP contribution in [-0.4, -0.2) is 71.9 Å². The van der Waals surface area contributed by atoms with E-state index in [2.05, 4.69) is 15.2 Å². The van der Waals surface area contributed by atoms with E-state index in [4.69, 9.17) is 11.6 Å². The molecule has 0 aliphatic rings. The lowest BCUT2D eigenvalue weighted by Crippen LogP contribution is -2.50. The molecule has 0 saturated heterocycles. The van der Waals surface area contributed by atoms with Crippen molar-refractivity contribution in [2.45, 2.75) is 38.1 Å². The zero-order valence-corrected chi connectivity index (χ0v) is 19.0. The van der Waals surface area contributed by atoms with Gasteiger partial charge in [-0.2, -0.15) is 18.3 Å². The summed E-state index contributed by atoms with van der Waals surface area (Å²) in [7, 11) is 0. The van der Waals surface area contributed by atoms with Crippen LogP contribution in [0, 0.1) is 0 Å². The van der Waals surface area contributed by atoms with E-state index in [9.17, 15) is 33.3 Å². The van der Waals surface area contributed by atoms with Crippen molar-refractivity contribution in [2.24, 2.45) is 0 Å². The molecular formula is C16H17AlClF3N6O4. The van der Waals surface area contributed by atoms with Gasteiger partial charge in [0, 0.05) is 10.6 Å². The zero-order chi connectivity index (χ0) is 23.1. The maximum absolute atomic E-state index is 13.0. The van der Waals surface area contributed by atoms with Crippen molar-refractivity contribution in [1.82, 2.24) is 28.1 Å². The molecule has 2 heterocycles. The smallest absolute Gasteiger partial charge is 0.386 e. The Bertz CT molecular complexity index is 1140. The molecule has 3 aromatic rings. The molecule has 0 amide bonds. The number of hydrogen-bond donors (Lipinski definition) is 3. The Morgan fingerprint density at radius 3 is 2.32 bits per heavy atom. The van der Waals surface area contributed by atoms with Gasteiger partial charge in [-0.3, -0.25) is 4.57 Å². The molecule has 0 radical (unpaired) electrons. The minimum atomic E-state index is -5.41. The Kier molecular flexibility index (Phi) is 6.34. The lowest BCUT2D eigenvalue weighted by Gasteiger charge is -2.24. The van der Waals surface area contributed by atoms with Crippen molar-refractivity contribution in [3.63, 3.8) is 0 Å². The third-order valence-corrected chi connectivity index (χ3v) is 5.27. The fraction of sp³-hybridized carbons (Fsp3) is 0.375. The molecular weight excluding hydrogens is 460 g/mol. The van der Waals surface area contributed by atoms with Gasteiger partial charge in [0.2, 0.25) is 0 Å². The number of aromatic nitrogens is 6. The molecule has 0 fully saturated rings. The number of aliphatic hydroxyl groups is 3. The average Bonchev–Trinajstić information content (AvgIpc) is 3.16. The van der Waals surface area contributed by atoms with Crippen LogP contribution in [0.2, 0.25) is 5.02 Å². The highest BCUT2D eigenvalue weighted by Gasteiger charge is 2.53. The molecule has 0 saturated carbocycles. The number of halogens is 4. The molecule has 1 unspecified atom stereocenters. The fourth-order valence-corrected chi connectivity index (χ4v) is 3.66. The van der Waals surface area contributed by atoms with Crippen LogP contribution in [0.15, 0.2) is 29.1 Å². The Morgan fingerprint density at radius 1 is 1.19 bits per heavy atom. The van der Waals surface area contributed by atoms with Crippen molar-refractivity contribution in [3.05, 3.63) is 51.4 Å². The number of alkyl halides is 3. The molecule has 2 aromatic heterocycles. The first-order valence-electron chi connectivity index (χ1n) is 8.83. The third-order valence-electron chi connectivity index (χ3n) is 4.36. The van der Waals surface area contributed by atoms with Crippen molar-refractivity contribution in [2.75, 3.05) is 0 Å². The monoisotopic (exact) mass is 476 g/mol. The van der Waals surface area contributed by atoms with E-state index < -0.39 is 30.3 Å². The summed E-state index contributed by atoms with van der Waals surface area (Å²) in [6, 6.07) is 5.73. The lowest BCUT2D eigenvalue weighted by atomic mass is 10.2. The highest BCUT2D eigenvalue weighted by Crippen LogP contribution is 2.30. The zero-order valence-electron chi connectivity index (χ0n) is 16.2. The van der Waals surface area contributed by atoms with Crippen LogP contribution in [0.25, 0.3) is 11.4 Å². The molecule has 3 rings (SSSR count). The first-order valence-corrected chi connectivity index (χ1v) is 10.1. The minimum absolute atomic E-state index is 0.107. The Labute approximate surface area is 185 Å². The van der Waals surface area contributed by atoms with Crippen molar-refractivity contribution in [1.29, 1.82) is 0 Å². The van der Waals surface area contributed by atoms with Gasteiger partial charge >= 0.3 is 28.4 Å². The number of aliphatic hydroxyl groups excluding tert-OH is 1. The maximum atomic E-state index is 13.0. The summed E-state index contributed by atoms with van der Waals surface area (Å²) in [5.41, 5.74) is -0.811. The van der Waals surface area contributed by atoms with Crippen molar-refractivity contribution >= 4 is 28.1 Å². The molecule has 0 bridgehead atoms. The first-order chi connectivity index (χ1) is 14.3. The van der Waals surface area contributed by atoms with Crippen LogP contribution >= 0.6 is 11.6 Å². The summed E-state index contributed by atoms with van der Waals surface area (Å²) in [4.78, 5) is 16.9. The quantitative estimate of drug-likeness (QED) is 0.329. The van der Waals surface area contributed by atoms with Crippen molar-refractivity contribution < 1.29 is 28.5 Å².